The van der Waals surface area contributed by atoms with Gasteiger partial charge in [-0.3, -0.25) is 4.79 Å². The summed E-state index contributed by atoms with van der Waals surface area (Å²) in [5, 5.41) is 4.41. The third-order valence-electron chi connectivity index (χ3n) is 4.78. The molecule has 0 fully saturated rings. The first-order valence-electron chi connectivity index (χ1n) is 10.00. The molecule has 0 saturated heterocycles. The number of thiazole rings is 1. The van der Waals surface area contributed by atoms with Crippen LogP contribution in [0.5, 0.6) is 17.2 Å². The molecule has 8 heteroatoms. The number of nitrogens with zero attached hydrogens (tertiary/aromatic N) is 3. The number of aromatic nitrogens is 3. The van der Waals surface area contributed by atoms with Crippen LogP contribution < -0.4 is 24.3 Å². The molecule has 2 aromatic carbocycles. The van der Waals surface area contributed by atoms with Crippen LogP contribution in [0, 0.1) is 0 Å². The van der Waals surface area contributed by atoms with Gasteiger partial charge in [0.2, 0.25) is 4.96 Å². The lowest BCUT2D eigenvalue weighted by molar-refractivity contribution is 0.309. The van der Waals surface area contributed by atoms with Crippen molar-refractivity contribution in [3.05, 3.63) is 62.9 Å². The van der Waals surface area contributed by atoms with E-state index in [2.05, 4.69) is 17.0 Å². The molecule has 0 atom stereocenters. The smallest absolute Gasteiger partial charge is 0.291 e. The average molecular weight is 438 g/mol. The Bertz CT molecular complexity index is 1300. The Morgan fingerprint density at radius 2 is 1.90 bits per heavy atom. The van der Waals surface area contributed by atoms with Crippen LogP contribution in [0.25, 0.3) is 22.4 Å². The molecular weight excluding hydrogens is 414 g/mol. The molecule has 4 aromatic rings. The first-order valence-corrected chi connectivity index (χ1v) is 10.8. The van der Waals surface area contributed by atoms with Gasteiger partial charge in [0.05, 0.1) is 25.4 Å². The monoisotopic (exact) mass is 437 g/mol. The summed E-state index contributed by atoms with van der Waals surface area (Å²) in [5.41, 5.74) is 1.36. The predicted octanol–water partition coefficient (Wildman–Crippen LogP) is 3.56. The Hall–Kier alpha value is -3.39. The quantitative estimate of drug-likeness (QED) is 0.393. The van der Waals surface area contributed by atoms with E-state index in [1.165, 1.54) is 15.9 Å². The van der Waals surface area contributed by atoms with Crippen LogP contribution in [0.15, 0.2) is 47.3 Å². The molecule has 0 aliphatic rings. The van der Waals surface area contributed by atoms with Crippen molar-refractivity contribution in [1.29, 1.82) is 0 Å². The van der Waals surface area contributed by atoms with Crippen LogP contribution in [0.2, 0.25) is 0 Å². The molecule has 0 N–H and O–H groups in total. The molecule has 4 rings (SSSR count). The Kier molecular flexibility index (Phi) is 6.18. The Balaban J connectivity index is 1.65. The highest BCUT2D eigenvalue weighted by Crippen LogP contribution is 2.31. The second-order valence-electron chi connectivity index (χ2n) is 6.85. The van der Waals surface area contributed by atoms with Crippen LogP contribution >= 0.6 is 11.3 Å². The normalized spacial score (nSPS) is 11.8. The molecule has 0 aliphatic carbocycles. The van der Waals surface area contributed by atoms with Crippen molar-refractivity contribution in [2.75, 3.05) is 20.8 Å². The maximum Gasteiger partial charge on any atom is 0.291 e. The molecule has 0 aliphatic heterocycles. The largest absolute Gasteiger partial charge is 0.494 e. The molecule has 0 radical (unpaired) electrons. The van der Waals surface area contributed by atoms with E-state index in [1.54, 1.807) is 20.3 Å². The topological polar surface area (TPSA) is 75.0 Å². The lowest BCUT2D eigenvalue weighted by Gasteiger charge is -2.09. The van der Waals surface area contributed by atoms with Crippen LogP contribution in [0.3, 0.4) is 0 Å². The Morgan fingerprint density at radius 3 is 2.58 bits per heavy atom. The molecule has 7 nitrogen and oxygen atoms in total. The summed E-state index contributed by atoms with van der Waals surface area (Å²) < 4.78 is 18.3. The molecule has 2 heterocycles. The fraction of sp³-hybridized carbons (Fsp3) is 0.261. The Morgan fingerprint density at radius 1 is 1.10 bits per heavy atom. The number of para-hydroxylation sites is 1. The third kappa shape index (κ3) is 4.25. The lowest BCUT2D eigenvalue weighted by Crippen LogP contribution is -2.23. The molecule has 0 amide bonds. The minimum absolute atomic E-state index is 0.219. The predicted molar refractivity (Wildman–Crippen MR) is 121 cm³/mol. The van der Waals surface area contributed by atoms with Crippen molar-refractivity contribution in [2.24, 2.45) is 0 Å². The number of hydrogen-bond acceptors (Lipinski definition) is 7. The highest BCUT2D eigenvalue weighted by atomic mass is 32.1. The van der Waals surface area contributed by atoms with E-state index < -0.39 is 0 Å². The van der Waals surface area contributed by atoms with Crippen LogP contribution in [0.1, 0.15) is 25.3 Å². The van der Waals surface area contributed by atoms with Gasteiger partial charge >= 0.3 is 0 Å². The van der Waals surface area contributed by atoms with Crippen LogP contribution in [-0.4, -0.2) is 35.4 Å². The first-order chi connectivity index (χ1) is 15.1. The van der Waals surface area contributed by atoms with E-state index in [0.29, 0.717) is 33.4 Å². The zero-order valence-corrected chi connectivity index (χ0v) is 18.4. The van der Waals surface area contributed by atoms with E-state index in [-0.39, 0.29) is 5.56 Å². The minimum atomic E-state index is -0.219. The SMILES string of the molecule is CCCCOc1ccc(-c2nc3sc(=Cc4cccc(OC)c4OC)c(=O)n3n2)cc1. The van der Waals surface area contributed by atoms with Gasteiger partial charge in [0.25, 0.3) is 5.56 Å². The standard InChI is InChI=1S/C23H23N3O4S/c1-4-5-13-30-17-11-9-15(10-12-17)21-24-23-26(25-21)22(27)19(31-23)14-16-7-6-8-18(28-2)20(16)29-3/h6-12,14H,4-5,13H2,1-3H3. The molecule has 0 unspecified atom stereocenters. The highest BCUT2D eigenvalue weighted by molar-refractivity contribution is 7.15. The number of methoxy groups -OCH3 is 2. The van der Waals surface area contributed by atoms with Gasteiger partial charge in [-0.1, -0.05) is 36.8 Å². The zero-order valence-electron chi connectivity index (χ0n) is 17.6. The van der Waals surface area contributed by atoms with Crippen LogP contribution in [-0.2, 0) is 0 Å². The number of fused-ring (bicyclic) bond motifs is 1. The van der Waals surface area contributed by atoms with Crippen molar-refractivity contribution >= 4 is 22.4 Å². The number of ether oxygens (including phenoxy) is 3. The molecule has 0 bridgehead atoms. The van der Waals surface area contributed by atoms with Gasteiger partial charge in [0, 0.05) is 11.1 Å². The van der Waals surface area contributed by atoms with Gasteiger partial charge < -0.3 is 14.2 Å². The van der Waals surface area contributed by atoms with E-state index in [4.69, 9.17) is 14.2 Å². The lowest BCUT2D eigenvalue weighted by atomic mass is 10.2. The fourth-order valence-electron chi connectivity index (χ4n) is 3.16. The van der Waals surface area contributed by atoms with E-state index >= 15 is 0 Å². The summed E-state index contributed by atoms with van der Waals surface area (Å²) in [4.78, 5) is 18.0. The van der Waals surface area contributed by atoms with E-state index in [9.17, 15) is 4.79 Å². The molecule has 31 heavy (non-hydrogen) atoms. The summed E-state index contributed by atoms with van der Waals surface area (Å²) in [6.07, 6.45) is 3.88. The number of hydrogen-bond donors (Lipinski definition) is 0. The van der Waals surface area contributed by atoms with Crippen molar-refractivity contribution in [3.8, 4) is 28.6 Å². The maximum atomic E-state index is 12.9. The van der Waals surface area contributed by atoms with Gasteiger partial charge in [-0.05, 0) is 42.8 Å². The first kappa shape index (κ1) is 20.9. The van der Waals surface area contributed by atoms with Gasteiger partial charge in [-0.15, -0.1) is 5.10 Å². The van der Waals surface area contributed by atoms with Crippen molar-refractivity contribution in [1.82, 2.24) is 14.6 Å². The minimum Gasteiger partial charge on any atom is -0.494 e. The summed E-state index contributed by atoms with van der Waals surface area (Å²) >= 11 is 1.28. The van der Waals surface area contributed by atoms with Gasteiger partial charge in [0.15, 0.2) is 17.3 Å². The molecular formula is C23H23N3O4S. The van der Waals surface area contributed by atoms with Gasteiger partial charge in [-0.2, -0.15) is 9.50 Å². The van der Waals surface area contributed by atoms with Crippen molar-refractivity contribution < 1.29 is 14.2 Å². The zero-order chi connectivity index (χ0) is 21.8. The maximum absolute atomic E-state index is 12.9. The molecule has 0 saturated carbocycles. The van der Waals surface area contributed by atoms with E-state index in [0.717, 1.165) is 29.7 Å². The number of unbranched alkanes of at least 4 members (excludes halogenated alkanes) is 1. The third-order valence-corrected chi connectivity index (χ3v) is 5.74. The highest BCUT2D eigenvalue weighted by Gasteiger charge is 2.13. The van der Waals surface area contributed by atoms with Gasteiger partial charge in [0.1, 0.15) is 5.75 Å². The second-order valence-corrected chi connectivity index (χ2v) is 7.86. The molecule has 0 spiro atoms. The summed E-state index contributed by atoms with van der Waals surface area (Å²) in [6.45, 7) is 2.83. The fourth-order valence-corrected chi connectivity index (χ4v) is 4.06. The number of rotatable bonds is 8. The van der Waals surface area contributed by atoms with E-state index in [1.807, 2.05) is 42.5 Å². The Labute approximate surface area is 183 Å². The summed E-state index contributed by atoms with van der Waals surface area (Å²) in [7, 11) is 3.15. The van der Waals surface area contributed by atoms with Crippen molar-refractivity contribution in [2.45, 2.75) is 19.8 Å². The number of benzene rings is 2. The van der Waals surface area contributed by atoms with Gasteiger partial charge in [-0.25, -0.2) is 0 Å². The second kappa shape index (κ2) is 9.18. The van der Waals surface area contributed by atoms with Crippen molar-refractivity contribution in [3.63, 3.8) is 0 Å². The van der Waals surface area contributed by atoms with Crippen LogP contribution in [0.4, 0.5) is 0 Å². The molecule has 160 valence electrons. The summed E-state index contributed by atoms with van der Waals surface area (Å²) in [5.74, 6) is 2.50. The summed E-state index contributed by atoms with van der Waals surface area (Å²) in [6, 6.07) is 13.1. The molecule has 2 aromatic heterocycles. The average Bonchev–Trinajstić information content (AvgIpc) is 3.33.